The molecule has 0 saturated heterocycles. The molecule has 0 bridgehead atoms. The summed E-state index contributed by atoms with van der Waals surface area (Å²) in [6.45, 7) is 2.25. The summed E-state index contributed by atoms with van der Waals surface area (Å²) in [5.41, 5.74) is 6.26. The van der Waals surface area contributed by atoms with Crippen molar-refractivity contribution in [2.24, 2.45) is 0 Å². The van der Waals surface area contributed by atoms with Gasteiger partial charge in [0.05, 0.1) is 34.7 Å². The first-order valence-electron chi connectivity index (χ1n) is 11.2. The van der Waals surface area contributed by atoms with Crippen LogP contribution < -0.4 is 9.91 Å². The summed E-state index contributed by atoms with van der Waals surface area (Å²) in [6, 6.07) is 40.0. The summed E-state index contributed by atoms with van der Waals surface area (Å²) >= 11 is 0. The highest BCUT2D eigenvalue weighted by molar-refractivity contribution is 5.81. The van der Waals surface area contributed by atoms with Gasteiger partial charge in [0.15, 0.2) is 0 Å². The minimum atomic E-state index is -0.0398. The first-order valence-corrected chi connectivity index (χ1v) is 11.2. The number of benzene rings is 4. The van der Waals surface area contributed by atoms with E-state index in [9.17, 15) is 5.26 Å². The second kappa shape index (κ2) is 8.82. The number of nitrogens with zero attached hydrogens (tertiary/aromatic N) is 4. The monoisotopic (exact) mass is 430 g/mol. The van der Waals surface area contributed by atoms with Crippen molar-refractivity contribution < 1.29 is 0 Å². The van der Waals surface area contributed by atoms with E-state index >= 15 is 0 Å². The van der Waals surface area contributed by atoms with Gasteiger partial charge in [0.2, 0.25) is 0 Å². The first-order chi connectivity index (χ1) is 16.2. The SMILES string of the molecule is CC(c1ccccc1)N1c2ccc(C#N)cc2N(c2ccccc2)N(C)C1c1ccccc1. The molecule has 4 aromatic rings. The predicted molar refractivity (Wildman–Crippen MR) is 134 cm³/mol. The van der Waals surface area contributed by atoms with E-state index in [1.54, 1.807) is 0 Å². The van der Waals surface area contributed by atoms with E-state index in [4.69, 9.17) is 0 Å². The van der Waals surface area contributed by atoms with Gasteiger partial charge in [-0.15, -0.1) is 0 Å². The lowest BCUT2D eigenvalue weighted by Gasteiger charge is -2.52. The smallest absolute Gasteiger partial charge is 0.126 e. The largest absolute Gasteiger partial charge is 0.342 e. The van der Waals surface area contributed by atoms with Crippen LogP contribution in [0.5, 0.6) is 0 Å². The van der Waals surface area contributed by atoms with Gasteiger partial charge in [-0.3, -0.25) is 5.01 Å². The summed E-state index contributed by atoms with van der Waals surface area (Å²) in [5.74, 6) is 0. The van der Waals surface area contributed by atoms with Gasteiger partial charge in [0.1, 0.15) is 6.17 Å². The minimum Gasteiger partial charge on any atom is -0.342 e. The lowest BCUT2D eigenvalue weighted by Crippen LogP contribution is -2.52. The van der Waals surface area contributed by atoms with Crippen molar-refractivity contribution in [3.05, 3.63) is 126 Å². The number of fused-ring (bicyclic) bond motifs is 1. The van der Waals surface area contributed by atoms with Gasteiger partial charge in [-0.1, -0.05) is 78.9 Å². The van der Waals surface area contributed by atoms with Crippen LogP contribution in [0.25, 0.3) is 0 Å². The molecule has 0 aromatic heterocycles. The molecule has 0 spiro atoms. The fourth-order valence-corrected chi connectivity index (χ4v) is 4.78. The standard InChI is InChI=1S/C29H26N4/c1-22(24-12-6-3-7-13-24)32-27-19-18-23(21-30)20-28(27)33(26-16-10-5-11-17-26)31(2)29(32)25-14-8-4-9-15-25/h3-20,22,29H,1-2H3. The number of para-hydroxylation sites is 1. The Morgan fingerprint density at radius 1 is 0.758 bits per heavy atom. The Bertz CT molecular complexity index is 1270. The van der Waals surface area contributed by atoms with Crippen LogP contribution >= 0.6 is 0 Å². The van der Waals surface area contributed by atoms with E-state index in [1.807, 2.05) is 30.3 Å². The Labute approximate surface area is 195 Å². The van der Waals surface area contributed by atoms with E-state index in [0.717, 1.165) is 17.1 Å². The molecule has 4 heteroatoms. The molecule has 5 rings (SSSR count). The molecular formula is C29H26N4. The van der Waals surface area contributed by atoms with E-state index in [2.05, 4.69) is 114 Å². The number of nitriles is 1. The fourth-order valence-electron chi connectivity index (χ4n) is 4.78. The van der Waals surface area contributed by atoms with Crippen molar-refractivity contribution in [1.29, 1.82) is 5.26 Å². The van der Waals surface area contributed by atoms with Crippen molar-refractivity contribution in [1.82, 2.24) is 5.01 Å². The van der Waals surface area contributed by atoms with Crippen molar-refractivity contribution in [2.45, 2.75) is 19.1 Å². The van der Waals surface area contributed by atoms with Gasteiger partial charge in [-0.2, -0.15) is 10.3 Å². The first kappa shape index (κ1) is 20.8. The second-order valence-corrected chi connectivity index (χ2v) is 8.31. The Balaban J connectivity index is 1.76. The fraction of sp³-hybridized carbons (Fsp3) is 0.138. The highest BCUT2D eigenvalue weighted by Crippen LogP contribution is 2.49. The average molecular weight is 431 g/mol. The Morgan fingerprint density at radius 3 is 2.00 bits per heavy atom. The Hall–Kier alpha value is -4.07. The van der Waals surface area contributed by atoms with Gasteiger partial charge in [-0.25, -0.2) is 0 Å². The number of anilines is 3. The molecule has 0 radical (unpaired) electrons. The summed E-state index contributed by atoms with van der Waals surface area (Å²) in [4.78, 5) is 2.46. The van der Waals surface area contributed by atoms with Gasteiger partial charge in [0.25, 0.3) is 0 Å². The number of hydrazine groups is 1. The number of hydrogen-bond donors (Lipinski definition) is 0. The van der Waals surface area contributed by atoms with Crippen LogP contribution in [0.2, 0.25) is 0 Å². The molecule has 2 unspecified atom stereocenters. The molecule has 1 heterocycles. The van der Waals surface area contributed by atoms with Crippen LogP contribution in [0.3, 0.4) is 0 Å². The van der Waals surface area contributed by atoms with E-state index in [-0.39, 0.29) is 12.2 Å². The van der Waals surface area contributed by atoms with Crippen molar-refractivity contribution in [3.63, 3.8) is 0 Å². The zero-order chi connectivity index (χ0) is 22.8. The molecule has 0 saturated carbocycles. The third-order valence-corrected chi connectivity index (χ3v) is 6.34. The molecule has 4 aromatic carbocycles. The maximum atomic E-state index is 9.65. The summed E-state index contributed by atoms with van der Waals surface area (Å²) in [5, 5.41) is 14.1. The number of hydrogen-bond acceptors (Lipinski definition) is 4. The molecule has 0 N–H and O–H groups in total. The van der Waals surface area contributed by atoms with E-state index in [0.29, 0.717) is 5.56 Å². The third-order valence-electron chi connectivity index (χ3n) is 6.34. The van der Waals surface area contributed by atoms with Gasteiger partial charge < -0.3 is 4.90 Å². The van der Waals surface area contributed by atoms with Gasteiger partial charge >= 0.3 is 0 Å². The zero-order valence-corrected chi connectivity index (χ0v) is 18.8. The van der Waals surface area contributed by atoms with Gasteiger partial charge in [-0.05, 0) is 48.4 Å². The van der Waals surface area contributed by atoms with Crippen LogP contribution in [0, 0.1) is 11.3 Å². The Kier molecular flexibility index (Phi) is 5.56. The molecule has 2 atom stereocenters. The second-order valence-electron chi connectivity index (χ2n) is 8.31. The van der Waals surface area contributed by atoms with Crippen molar-refractivity contribution >= 4 is 17.1 Å². The third kappa shape index (κ3) is 3.73. The normalized spacial score (nSPS) is 16.7. The average Bonchev–Trinajstić information content (AvgIpc) is 2.88. The molecule has 0 amide bonds. The topological polar surface area (TPSA) is 33.5 Å². The molecule has 4 nitrogen and oxygen atoms in total. The molecule has 1 aliphatic rings. The molecule has 0 aliphatic carbocycles. The quantitative estimate of drug-likeness (QED) is 0.356. The predicted octanol–water partition coefficient (Wildman–Crippen LogP) is 6.82. The molecular weight excluding hydrogens is 404 g/mol. The van der Waals surface area contributed by atoms with E-state index in [1.165, 1.54) is 11.1 Å². The summed E-state index contributed by atoms with van der Waals surface area (Å²) in [6.07, 6.45) is -0.0398. The van der Waals surface area contributed by atoms with Crippen molar-refractivity contribution in [2.75, 3.05) is 17.0 Å². The summed E-state index contributed by atoms with van der Waals surface area (Å²) < 4.78 is 0. The van der Waals surface area contributed by atoms with Crippen LogP contribution in [0.15, 0.2) is 109 Å². The lowest BCUT2D eigenvalue weighted by molar-refractivity contribution is 0.216. The van der Waals surface area contributed by atoms with Crippen LogP contribution in [0.4, 0.5) is 17.1 Å². The van der Waals surface area contributed by atoms with Crippen molar-refractivity contribution in [3.8, 4) is 6.07 Å². The Morgan fingerprint density at radius 2 is 1.36 bits per heavy atom. The maximum Gasteiger partial charge on any atom is 0.126 e. The molecule has 0 fully saturated rings. The van der Waals surface area contributed by atoms with Crippen LogP contribution in [-0.4, -0.2) is 12.1 Å². The summed E-state index contributed by atoms with van der Waals surface area (Å²) in [7, 11) is 2.12. The highest BCUT2D eigenvalue weighted by Gasteiger charge is 2.39. The van der Waals surface area contributed by atoms with Gasteiger partial charge in [0, 0.05) is 7.05 Å². The van der Waals surface area contributed by atoms with E-state index < -0.39 is 0 Å². The van der Waals surface area contributed by atoms with Crippen LogP contribution in [0.1, 0.15) is 35.8 Å². The van der Waals surface area contributed by atoms with Crippen LogP contribution in [-0.2, 0) is 0 Å². The highest BCUT2D eigenvalue weighted by atomic mass is 15.7. The molecule has 1 aliphatic heterocycles. The lowest BCUT2D eigenvalue weighted by atomic mass is 9.99. The number of rotatable bonds is 4. The minimum absolute atomic E-state index is 0.0398. The molecule has 33 heavy (non-hydrogen) atoms. The maximum absolute atomic E-state index is 9.65. The zero-order valence-electron chi connectivity index (χ0n) is 18.8. The molecule has 162 valence electrons.